The second-order valence-corrected chi connectivity index (χ2v) is 6.37. The van der Waals surface area contributed by atoms with Gasteiger partial charge in [0.1, 0.15) is 11.7 Å². The second kappa shape index (κ2) is 9.11. The van der Waals surface area contributed by atoms with E-state index < -0.39 is 24.7 Å². The summed E-state index contributed by atoms with van der Waals surface area (Å²) in [5, 5.41) is 9.18. The van der Waals surface area contributed by atoms with Gasteiger partial charge in [-0.25, -0.2) is 0 Å². The van der Waals surface area contributed by atoms with Crippen molar-refractivity contribution in [2.24, 2.45) is 0 Å². The molecule has 1 atom stereocenters. The van der Waals surface area contributed by atoms with Crippen molar-refractivity contribution in [1.82, 2.24) is 30.7 Å². The van der Waals surface area contributed by atoms with E-state index >= 15 is 0 Å². The van der Waals surface area contributed by atoms with Crippen molar-refractivity contribution in [3.05, 3.63) is 30.3 Å². The van der Waals surface area contributed by atoms with Crippen molar-refractivity contribution < 1.29 is 22.5 Å². The van der Waals surface area contributed by atoms with Crippen molar-refractivity contribution in [2.75, 3.05) is 32.7 Å². The molecule has 0 spiro atoms. The summed E-state index contributed by atoms with van der Waals surface area (Å²) >= 11 is 0. The Kier molecular flexibility index (Phi) is 6.57. The molecule has 1 aliphatic rings. The highest BCUT2D eigenvalue weighted by atomic mass is 19.4. The van der Waals surface area contributed by atoms with Crippen LogP contribution in [0.3, 0.4) is 0 Å². The summed E-state index contributed by atoms with van der Waals surface area (Å²) in [6.07, 6.45) is -2.73. The van der Waals surface area contributed by atoms with Crippen LogP contribution in [0, 0.1) is 0 Å². The number of halogens is 3. The number of aryl methyl sites for hydroxylation is 1. The summed E-state index contributed by atoms with van der Waals surface area (Å²) in [6.45, 7) is 1.09. The van der Waals surface area contributed by atoms with Gasteiger partial charge in [-0.3, -0.25) is 14.7 Å². The van der Waals surface area contributed by atoms with Crippen molar-refractivity contribution >= 4 is 5.91 Å². The number of alkyl halides is 3. The molecule has 1 fully saturated rings. The zero-order valence-electron chi connectivity index (χ0n) is 15.1. The fraction of sp³-hybridized carbons (Fsp3) is 0.529. The van der Waals surface area contributed by atoms with Crippen LogP contribution in [0.25, 0.3) is 11.5 Å². The quantitative estimate of drug-likeness (QED) is 0.719. The van der Waals surface area contributed by atoms with Crippen LogP contribution in [0.1, 0.15) is 12.3 Å². The second-order valence-electron chi connectivity index (χ2n) is 6.37. The number of hydrogen-bond acceptors (Lipinski definition) is 7. The first-order valence-electron chi connectivity index (χ1n) is 8.95. The minimum absolute atomic E-state index is 0.0457. The Morgan fingerprint density at radius 1 is 1.32 bits per heavy atom. The molecular weight excluding hydrogens is 377 g/mol. The maximum Gasteiger partial charge on any atom is 0.405 e. The number of piperazine rings is 1. The Balaban J connectivity index is 1.49. The van der Waals surface area contributed by atoms with E-state index in [9.17, 15) is 18.0 Å². The molecule has 2 N–H and O–H groups in total. The highest BCUT2D eigenvalue weighted by Crippen LogP contribution is 2.24. The predicted octanol–water partition coefficient (Wildman–Crippen LogP) is 1.02. The van der Waals surface area contributed by atoms with Crippen molar-refractivity contribution in [1.29, 1.82) is 0 Å². The SMILES string of the molecule is O=C(CCc1nc(-c2ccccn2)no1)NCC(N1CCNCC1)C(F)(F)F. The van der Waals surface area contributed by atoms with Gasteiger partial charge in [-0.15, -0.1) is 0 Å². The van der Waals surface area contributed by atoms with Crippen molar-refractivity contribution in [2.45, 2.75) is 25.1 Å². The summed E-state index contributed by atoms with van der Waals surface area (Å²) in [7, 11) is 0. The average Bonchev–Trinajstić information content (AvgIpc) is 3.16. The fourth-order valence-corrected chi connectivity index (χ4v) is 2.92. The molecule has 2 aromatic heterocycles. The molecule has 3 heterocycles. The van der Waals surface area contributed by atoms with E-state index in [-0.39, 0.29) is 18.7 Å². The van der Waals surface area contributed by atoms with E-state index in [1.165, 1.54) is 4.90 Å². The third kappa shape index (κ3) is 5.49. The van der Waals surface area contributed by atoms with Crippen LogP contribution in [0.2, 0.25) is 0 Å². The highest BCUT2D eigenvalue weighted by Gasteiger charge is 2.43. The van der Waals surface area contributed by atoms with Crippen LogP contribution in [-0.4, -0.2) is 70.9 Å². The summed E-state index contributed by atoms with van der Waals surface area (Å²) < 4.78 is 45.0. The monoisotopic (exact) mass is 398 g/mol. The van der Waals surface area contributed by atoms with Gasteiger partial charge in [-0.05, 0) is 12.1 Å². The van der Waals surface area contributed by atoms with Crippen LogP contribution >= 0.6 is 0 Å². The fourth-order valence-electron chi connectivity index (χ4n) is 2.92. The highest BCUT2D eigenvalue weighted by molar-refractivity contribution is 5.76. The lowest BCUT2D eigenvalue weighted by atomic mass is 10.2. The molecule has 11 heteroatoms. The normalized spacial score (nSPS) is 16.7. The third-order valence-electron chi connectivity index (χ3n) is 4.39. The Morgan fingerprint density at radius 3 is 2.79 bits per heavy atom. The largest absolute Gasteiger partial charge is 0.405 e. The Bertz CT molecular complexity index is 762. The molecule has 1 unspecified atom stereocenters. The minimum atomic E-state index is -4.41. The standard InChI is InChI=1S/C17H21F3N6O2/c18-17(19,20)13(26-9-7-21-8-10-26)11-23-14(27)4-5-15-24-16(25-28-15)12-3-1-2-6-22-12/h1-3,6,13,21H,4-5,7-11H2,(H,23,27). The first-order chi connectivity index (χ1) is 13.4. The number of aromatic nitrogens is 3. The molecule has 28 heavy (non-hydrogen) atoms. The van der Waals surface area contributed by atoms with Crippen LogP contribution in [0.15, 0.2) is 28.9 Å². The van der Waals surface area contributed by atoms with Gasteiger partial charge in [0.25, 0.3) is 0 Å². The van der Waals surface area contributed by atoms with Crippen LogP contribution in [0.5, 0.6) is 0 Å². The molecule has 0 radical (unpaired) electrons. The molecule has 0 aliphatic carbocycles. The van der Waals surface area contributed by atoms with Crippen LogP contribution < -0.4 is 10.6 Å². The zero-order chi connectivity index (χ0) is 20.0. The Labute approximate surface area is 159 Å². The van der Waals surface area contributed by atoms with E-state index in [1.807, 2.05) is 0 Å². The van der Waals surface area contributed by atoms with E-state index in [1.54, 1.807) is 24.4 Å². The topological polar surface area (TPSA) is 96.2 Å². The minimum Gasteiger partial charge on any atom is -0.354 e. The average molecular weight is 398 g/mol. The molecule has 152 valence electrons. The predicted molar refractivity (Wildman–Crippen MR) is 93.1 cm³/mol. The molecule has 0 saturated carbocycles. The molecule has 3 rings (SSSR count). The number of hydrogen-bond donors (Lipinski definition) is 2. The third-order valence-corrected chi connectivity index (χ3v) is 4.39. The molecular formula is C17H21F3N6O2. The summed E-state index contributed by atoms with van der Waals surface area (Å²) in [5.41, 5.74) is 0.533. The van der Waals surface area contributed by atoms with Gasteiger partial charge in [-0.2, -0.15) is 18.2 Å². The number of amides is 1. The smallest absolute Gasteiger partial charge is 0.354 e. The van der Waals surface area contributed by atoms with Gasteiger partial charge in [-0.1, -0.05) is 11.2 Å². The maximum atomic E-state index is 13.3. The number of carbonyl (C=O) groups is 1. The summed E-state index contributed by atoms with van der Waals surface area (Å²) in [5.74, 6) is 0.0269. The molecule has 0 bridgehead atoms. The van der Waals surface area contributed by atoms with Crippen molar-refractivity contribution in [3.8, 4) is 11.5 Å². The summed E-state index contributed by atoms with van der Waals surface area (Å²) in [6, 6.07) is 3.55. The first-order valence-corrected chi connectivity index (χ1v) is 8.95. The van der Waals surface area contributed by atoms with E-state index in [0.29, 0.717) is 37.7 Å². The van der Waals surface area contributed by atoms with Gasteiger partial charge in [0.05, 0.1) is 0 Å². The molecule has 8 nitrogen and oxygen atoms in total. The van der Waals surface area contributed by atoms with E-state index in [0.717, 1.165) is 0 Å². The van der Waals surface area contributed by atoms with Gasteiger partial charge in [0, 0.05) is 51.8 Å². The van der Waals surface area contributed by atoms with Gasteiger partial charge >= 0.3 is 6.18 Å². The van der Waals surface area contributed by atoms with E-state index in [4.69, 9.17) is 4.52 Å². The lowest BCUT2D eigenvalue weighted by Gasteiger charge is -2.35. The van der Waals surface area contributed by atoms with Gasteiger partial charge < -0.3 is 15.2 Å². The number of carbonyl (C=O) groups excluding carboxylic acids is 1. The zero-order valence-corrected chi connectivity index (χ0v) is 15.1. The van der Waals surface area contributed by atoms with Crippen molar-refractivity contribution in [3.63, 3.8) is 0 Å². The first kappa shape index (κ1) is 20.2. The van der Waals surface area contributed by atoms with E-state index in [2.05, 4.69) is 25.8 Å². The van der Waals surface area contributed by atoms with Crippen LogP contribution in [0.4, 0.5) is 13.2 Å². The van der Waals surface area contributed by atoms with Gasteiger partial charge in [0.2, 0.25) is 17.6 Å². The maximum absolute atomic E-state index is 13.3. The number of pyridine rings is 1. The lowest BCUT2D eigenvalue weighted by Crippen LogP contribution is -2.57. The lowest BCUT2D eigenvalue weighted by molar-refractivity contribution is -0.184. The molecule has 1 saturated heterocycles. The molecule has 0 aromatic carbocycles. The molecule has 2 aromatic rings. The molecule has 1 aliphatic heterocycles. The number of nitrogens with one attached hydrogen (secondary N) is 2. The van der Waals surface area contributed by atoms with Gasteiger partial charge in [0.15, 0.2) is 0 Å². The Hall–Kier alpha value is -2.53. The Morgan fingerprint density at radius 2 is 2.11 bits per heavy atom. The number of rotatable bonds is 7. The summed E-state index contributed by atoms with van der Waals surface area (Å²) in [4.78, 5) is 21.6. The number of nitrogens with zero attached hydrogens (tertiary/aromatic N) is 4. The van der Waals surface area contributed by atoms with Crippen LogP contribution in [-0.2, 0) is 11.2 Å². The molecule has 1 amide bonds.